The summed E-state index contributed by atoms with van der Waals surface area (Å²) in [5.41, 5.74) is 6.58. The fourth-order valence-corrected chi connectivity index (χ4v) is 1.76. The van der Waals surface area contributed by atoms with Gasteiger partial charge in [-0.25, -0.2) is 0 Å². The van der Waals surface area contributed by atoms with Gasteiger partial charge in [-0.1, -0.05) is 30.3 Å². The van der Waals surface area contributed by atoms with E-state index in [4.69, 9.17) is 5.73 Å². The highest BCUT2D eigenvalue weighted by Crippen LogP contribution is 2.05. The van der Waals surface area contributed by atoms with Gasteiger partial charge in [0.15, 0.2) is 0 Å². The van der Waals surface area contributed by atoms with Crippen molar-refractivity contribution in [2.24, 2.45) is 5.73 Å². The molecule has 17 heavy (non-hydrogen) atoms. The zero-order valence-electron chi connectivity index (χ0n) is 10.9. The number of benzene rings is 1. The lowest BCUT2D eigenvalue weighted by Crippen LogP contribution is -2.42. The third-order valence-electron chi connectivity index (χ3n) is 2.41. The predicted octanol–water partition coefficient (Wildman–Crippen LogP) is 1.86. The maximum atomic E-state index is 11.7. The summed E-state index contributed by atoms with van der Waals surface area (Å²) in [6.07, 6.45) is 1.20. The van der Waals surface area contributed by atoms with Crippen molar-refractivity contribution < 1.29 is 4.79 Å². The Bertz CT molecular complexity index is 354. The summed E-state index contributed by atoms with van der Waals surface area (Å²) in [7, 11) is 0. The number of nitrogens with one attached hydrogen (secondary N) is 1. The Morgan fingerprint density at radius 1 is 1.35 bits per heavy atom. The first kappa shape index (κ1) is 13.7. The van der Waals surface area contributed by atoms with E-state index < -0.39 is 5.54 Å². The monoisotopic (exact) mass is 234 g/mol. The normalized spacial score (nSPS) is 13.2. The smallest absolute Gasteiger partial charge is 0.222 e. The van der Waals surface area contributed by atoms with Crippen molar-refractivity contribution in [1.82, 2.24) is 5.32 Å². The quantitative estimate of drug-likeness (QED) is 0.817. The molecule has 0 saturated heterocycles. The molecule has 3 nitrogen and oxygen atoms in total. The van der Waals surface area contributed by atoms with Crippen LogP contribution in [0.5, 0.6) is 0 Å². The minimum atomic E-state index is -0.448. The highest BCUT2D eigenvalue weighted by Gasteiger charge is 2.17. The molecule has 0 aliphatic carbocycles. The van der Waals surface area contributed by atoms with Crippen LogP contribution in [-0.4, -0.2) is 17.5 Å². The molecule has 1 aromatic rings. The number of rotatable bonds is 5. The van der Waals surface area contributed by atoms with E-state index in [9.17, 15) is 4.79 Å². The number of carbonyl (C=O) groups excluding carboxylic acids is 1. The van der Waals surface area contributed by atoms with E-state index >= 15 is 0 Å². The van der Waals surface area contributed by atoms with E-state index in [1.54, 1.807) is 0 Å². The van der Waals surface area contributed by atoms with Gasteiger partial charge in [-0.05, 0) is 32.8 Å². The highest BCUT2D eigenvalue weighted by molar-refractivity contribution is 5.77. The first-order valence-electron chi connectivity index (χ1n) is 5.99. The van der Waals surface area contributed by atoms with Crippen LogP contribution in [-0.2, 0) is 11.2 Å². The molecule has 0 radical (unpaired) electrons. The summed E-state index contributed by atoms with van der Waals surface area (Å²) in [6, 6.07) is 10.3. The molecular weight excluding hydrogens is 212 g/mol. The Balaban J connectivity index is 2.40. The van der Waals surface area contributed by atoms with Gasteiger partial charge in [0.25, 0.3) is 0 Å². The SMILES string of the molecule is CC(Cc1ccccc1)NC(=O)CC(C)(C)N. The molecule has 3 N–H and O–H groups in total. The third kappa shape index (κ3) is 6.07. The van der Waals surface area contributed by atoms with Gasteiger partial charge < -0.3 is 11.1 Å². The van der Waals surface area contributed by atoms with E-state index in [1.807, 2.05) is 39.0 Å². The molecule has 0 fully saturated rings. The number of hydrogen-bond acceptors (Lipinski definition) is 2. The molecular formula is C14H22N2O. The maximum Gasteiger partial charge on any atom is 0.222 e. The average Bonchev–Trinajstić information content (AvgIpc) is 2.15. The van der Waals surface area contributed by atoms with Crippen molar-refractivity contribution in [3.05, 3.63) is 35.9 Å². The lowest BCUT2D eigenvalue weighted by atomic mass is 10.0. The first-order chi connectivity index (χ1) is 7.87. The summed E-state index contributed by atoms with van der Waals surface area (Å²) in [5.74, 6) is 0.0148. The van der Waals surface area contributed by atoms with Crippen LogP contribution in [0.25, 0.3) is 0 Å². The molecule has 94 valence electrons. The molecule has 0 heterocycles. The van der Waals surface area contributed by atoms with Gasteiger partial charge in [-0.3, -0.25) is 4.79 Å². The van der Waals surface area contributed by atoms with Gasteiger partial charge in [0.1, 0.15) is 0 Å². The second-order valence-corrected chi connectivity index (χ2v) is 5.32. The molecule has 0 spiro atoms. The molecule has 0 aromatic heterocycles. The second kappa shape index (κ2) is 5.82. The molecule has 0 aliphatic heterocycles. The highest BCUT2D eigenvalue weighted by atomic mass is 16.1. The van der Waals surface area contributed by atoms with Crippen LogP contribution in [0.2, 0.25) is 0 Å². The molecule has 1 atom stereocenters. The minimum absolute atomic E-state index is 0.0148. The standard InChI is InChI=1S/C14H22N2O/c1-11(9-12-7-5-4-6-8-12)16-13(17)10-14(2,3)15/h4-8,11H,9-10,15H2,1-3H3,(H,16,17). The van der Waals surface area contributed by atoms with Crippen LogP contribution in [0.3, 0.4) is 0 Å². The molecule has 0 bridgehead atoms. The Morgan fingerprint density at radius 2 is 1.94 bits per heavy atom. The van der Waals surface area contributed by atoms with Crippen molar-refractivity contribution in [1.29, 1.82) is 0 Å². The van der Waals surface area contributed by atoms with Crippen molar-refractivity contribution in [2.75, 3.05) is 0 Å². The van der Waals surface area contributed by atoms with Gasteiger partial charge in [0, 0.05) is 18.0 Å². The van der Waals surface area contributed by atoms with E-state index in [-0.39, 0.29) is 11.9 Å². The number of amides is 1. The number of nitrogens with two attached hydrogens (primary N) is 1. The first-order valence-corrected chi connectivity index (χ1v) is 5.99. The molecule has 1 unspecified atom stereocenters. The van der Waals surface area contributed by atoms with Gasteiger partial charge >= 0.3 is 0 Å². The van der Waals surface area contributed by atoms with Gasteiger partial charge in [0.05, 0.1) is 0 Å². The van der Waals surface area contributed by atoms with Gasteiger partial charge in [0.2, 0.25) is 5.91 Å². The zero-order valence-corrected chi connectivity index (χ0v) is 10.9. The molecule has 1 aromatic carbocycles. The predicted molar refractivity (Wildman–Crippen MR) is 70.6 cm³/mol. The summed E-state index contributed by atoms with van der Waals surface area (Å²) in [6.45, 7) is 5.72. The molecule has 0 saturated carbocycles. The number of carbonyl (C=O) groups is 1. The molecule has 0 aliphatic rings. The zero-order chi connectivity index (χ0) is 12.9. The van der Waals surface area contributed by atoms with Crippen LogP contribution in [0.15, 0.2) is 30.3 Å². The summed E-state index contributed by atoms with van der Waals surface area (Å²) < 4.78 is 0. The average molecular weight is 234 g/mol. The summed E-state index contributed by atoms with van der Waals surface area (Å²) in [4.78, 5) is 11.7. The van der Waals surface area contributed by atoms with Gasteiger partial charge in [-0.2, -0.15) is 0 Å². The molecule has 3 heteroatoms. The summed E-state index contributed by atoms with van der Waals surface area (Å²) >= 11 is 0. The van der Waals surface area contributed by atoms with Crippen LogP contribution < -0.4 is 11.1 Å². The van der Waals surface area contributed by atoms with E-state index in [0.717, 1.165) is 6.42 Å². The van der Waals surface area contributed by atoms with Crippen LogP contribution in [0.4, 0.5) is 0 Å². The minimum Gasteiger partial charge on any atom is -0.353 e. The van der Waals surface area contributed by atoms with Crippen molar-refractivity contribution in [3.8, 4) is 0 Å². The van der Waals surface area contributed by atoms with Crippen molar-refractivity contribution in [3.63, 3.8) is 0 Å². The van der Waals surface area contributed by atoms with Crippen LogP contribution in [0.1, 0.15) is 32.8 Å². The van der Waals surface area contributed by atoms with E-state index in [0.29, 0.717) is 6.42 Å². The second-order valence-electron chi connectivity index (χ2n) is 5.32. The lowest BCUT2D eigenvalue weighted by molar-refractivity contribution is -0.122. The Morgan fingerprint density at radius 3 is 2.47 bits per heavy atom. The Hall–Kier alpha value is -1.35. The van der Waals surface area contributed by atoms with Crippen LogP contribution >= 0.6 is 0 Å². The fraction of sp³-hybridized carbons (Fsp3) is 0.500. The maximum absolute atomic E-state index is 11.7. The van der Waals surface area contributed by atoms with E-state index in [2.05, 4.69) is 17.4 Å². The lowest BCUT2D eigenvalue weighted by Gasteiger charge is -2.20. The summed E-state index contributed by atoms with van der Waals surface area (Å²) in [5, 5.41) is 2.97. The fourth-order valence-electron chi connectivity index (χ4n) is 1.76. The third-order valence-corrected chi connectivity index (χ3v) is 2.41. The molecule has 1 amide bonds. The number of hydrogen-bond donors (Lipinski definition) is 2. The molecule has 1 rings (SSSR count). The topological polar surface area (TPSA) is 55.1 Å². The van der Waals surface area contributed by atoms with Crippen LogP contribution in [0, 0.1) is 0 Å². The van der Waals surface area contributed by atoms with Crippen molar-refractivity contribution >= 4 is 5.91 Å². The Kier molecular flexibility index (Phi) is 4.70. The van der Waals surface area contributed by atoms with Gasteiger partial charge in [-0.15, -0.1) is 0 Å². The Labute approximate surface area is 103 Å². The van der Waals surface area contributed by atoms with E-state index in [1.165, 1.54) is 5.56 Å². The largest absolute Gasteiger partial charge is 0.353 e. The van der Waals surface area contributed by atoms with Crippen molar-refractivity contribution in [2.45, 2.75) is 45.2 Å².